The first-order valence-electron chi connectivity index (χ1n) is 11.2. The number of hydrogen-bond acceptors (Lipinski definition) is 8. The Morgan fingerprint density at radius 3 is 2.82 bits per heavy atom. The Balaban J connectivity index is 1.72. The molecule has 0 radical (unpaired) electrons. The molecule has 182 valence electrons. The van der Waals surface area contributed by atoms with Crippen LogP contribution in [0.25, 0.3) is 0 Å². The first-order valence-corrected chi connectivity index (χ1v) is 13.5. The second kappa shape index (κ2) is 11.6. The molecule has 1 aromatic carbocycles. The number of aromatic nitrogens is 2. The Labute approximate surface area is 204 Å². The standard InChI is InChI=1S/C22H33BrN6O3S/c1-4-16(14-30)26-21-19(23)13-24-22(28-21)27-17-8-7-15(2)20(12-17)33(31,32)25-10-9-18-6-5-11-29(18)3/h7-8,12-13,16,18,25,30H,4-6,9-11,14H2,1-3H3,(H2,24,26,27,28)/t16-,18?/m1/s1. The summed E-state index contributed by atoms with van der Waals surface area (Å²) in [6.45, 7) is 5.21. The number of aryl methyl sites for hydroxylation is 1. The Kier molecular flexibility index (Phi) is 9.05. The summed E-state index contributed by atoms with van der Waals surface area (Å²) in [5.41, 5.74) is 1.23. The molecule has 0 bridgehead atoms. The maximum absolute atomic E-state index is 13.0. The number of nitrogens with zero attached hydrogens (tertiary/aromatic N) is 3. The van der Waals surface area contributed by atoms with Crippen LogP contribution >= 0.6 is 15.9 Å². The second-order valence-electron chi connectivity index (χ2n) is 8.39. The topological polar surface area (TPSA) is 119 Å². The van der Waals surface area contributed by atoms with Gasteiger partial charge < -0.3 is 20.6 Å². The van der Waals surface area contributed by atoms with Crippen molar-refractivity contribution < 1.29 is 13.5 Å². The number of aliphatic hydroxyl groups excluding tert-OH is 1. The number of rotatable bonds is 11. The molecule has 2 atom stereocenters. The lowest BCUT2D eigenvalue weighted by atomic mass is 10.1. The van der Waals surface area contributed by atoms with Crippen LogP contribution in [0, 0.1) is 6.92 Å². The van der Waals surface area contributed by atoms with E-state index in [0.29, 0.717) is 40.1 Å². The molecule has 11 heteroatoms. The lowest BCUT2D eigenvalue weighted by Gasteiger charge is -2.19. The van der Waals surface area contributed by atoms with Gasteiger partial charge in [-0.15, -0.1) is 0 Å². The minimum Gasteiger partial charge on any atom is -0.394 e. The first-order chi connectivity index (χ1) is 15.7. The summed E-state index contributed by atoms with van der Waals surface area (Å²) in [6.07, 6.45) is 5.41. The third kappa shape index (κ3) is 6.86. The van der Waals surface area contributed by atoms with Crippen LogP contribution in [0.2, 0.25) is 0 Å². The molecule has 2 aromatic rings. The molecule has 1 unspecified atom stereocenters. The number of aliphatic hydroxyl groups is 1. The fourth-order valence-electron chi connectivity index (χ4n) is 3.88. The molecule has 1 fully saturated rings. The summed E-state index contributed by atoms with van der Waals surface area (Å²) in [4.78, 5) is 11.2. The molecule has 1 saturated heterocycles. The summed E-state index contributed by atoms with van der Waals surface area (Å²) in [7, 11) is -1.56. The van der Waals surface area contributed by atoms with Crippen molar-refractivity contribution in [2.24, 2.45) is 0 Å². The predicted octanol–water partition coefficient (Wildman–Crippen LogP) is 3.24. The fraction of sp³-hybridized carbons (Fsp3) is 0.545. The predicted molar refractivity (Wildman–Crippen MR) is 134 cm³/mol. The molecule has 9 nitrogen and oxygen atoms in total. The van der Waals surface area contributed by atoms with E-state index in [1.54, 1.807) is 31.3 Å². The van der Waals surface area contributed by atoms with Gasteiger partial charge in [0.1, 0.15) is 5.82 Å². The minimum atomic E-state index is -3.65. The van der Waals surface area contributed by atoms with Crippen molar-refractivity contribution in [1.29, 1.82) is 0 Å². The molecule has 0 aliphatic carbocycles. The van der Waals surface area contributed by atoms with Gasteiger partial charge in [0.25, 0.3) is 0 Å². The average molecular weight is 542 g/mol. The van der Waals surface area contributed by atoms with Crippen molar-refractivity contribution in [2.75, 3.05) is 37.4 Å². The largest absolute Gasteiger partial charge is 0.394 e. The molecule has 0 saturated carbocycles. The van der Waals surface area contributed by atoms with Crippen molar-refractivity contribution in [3.05, 3.63) is 34.4 Å². The van der Waals surface area contributed by atoms with E-state index in [2.05, 4.69) is 53.2 Å². The van der Waals surface area contributed by atoms with Crippen molar-refractivity contribution in [1.82, 2.24) is 19.6 Å². The highest BCUT2D eigenvalue weighted by Crippen LogP contribution is 2.25. The maximum atomic E-state index is 13.0. The minimum absolute atomic E-state index is 0.0150. The fourth-order valence-corrected chi connectivity index (χ4v) is 5.50. The van der Waals surface area contributed by atoms with E-state index < -0.39 is 10.0 Å². The van der Waals surface area contributed by atoms with Crippen molar-refractivity contribution in [2.45, 2.75) is 56.5 Å². The van der Waals surface area contributed by atoms with E-state index >= 15 is 0 Å². The van der Waals surface area contributed by atoms with E-state index in [9.17, 15) is 13.5 Å². The summed E-state index contributed by atoms with van der Waals surface area (Å²) in [6, 6.07) is 5.45. The number of likely N-dealkylation sites (tertiary alicyclic amines) is 1. The van der Waals surface area contributed by atoms with Crippen LogP contribution in [0.5, 0.6) is 0 Å². The van der Waals surface area contributed by atoms with Gasteiger partial charge in [-0.1, -0.05) is 13.0 Å². The molecule has 1 aromatic heterocycles. The molecule has 0 amide bonds. The van der Waals surface area contributed by atoms with Crippen LogP contribution in [0.3, 0.4) is 0 Å². The maximum Gasteiger partial charge on any atom is 0.240 e. The number of benzene rings is 1. The van der Waals surface area contributed by atoms with Gasteiger partial charge in [0.15, 0.2) is 0 Å². The molecule has 1 aliphatic heterocycles. The third-order valence-corrected chi connectivity index (χ3v) is 8.16. The van der Waals surface area contributed by atoms with Crippen molar-refractivity contribution >= 4 is 43.4 Å². The lowest BCUT2D eigenvalue weighted by Crippen LogP contribution is -2.32. The zero-order valence-corrected chi connectivity index (χ0v) is 21.7. The van der Waals surface area contributed by atoms with E-state index in [1.165, 1.54) is 0 Å². The van der Waals surface area contributed by atoms with Gasteiger partial charge in [0.05, 0.1) is 22.0 Å². The van der Waals surface area contributed by atoms with Crippen molar-refractivity contribution in [3.63, 3.8) is 0 Å². The number of nitrogens with one attached hydrogen (secondary N) is 3. The number of halogens is 1. The van der Waals surface area contributed by atoms with Gasteiger partial charge in [-0.2, -0.15) is 4.98 Å². The first kappa shape index (κ1) is 25.8. The van der Waals surface area contributed by atoms with Gasteiger partial charge in [-0.3, -0.25) is 0 Å². The van der Waals surface area contributed by atoms with Gasteiger partial charge in [0.2, 0.25) is 16.0 Å². The molecule has 33 heavy (non-hydrogen) atoms. The number of hydrogen-bond donors (Lipinski definition) is 4. The summed E-state index contributed by atoms with van der Waals surface area (Å²) in [5.74, 6) is 0.866. The van der Waals surface area contributed by atoms with E-state index in [0.717, 1.165) is 32.2 Å². The van der Waals surface area contributed by atoms with Crippen LogP contribution in [0.4, 0.5) is 17.5 Å². The highest BCUT2D eigenvalue weighted by Gasteiger charge is 2.22. The van der Waals surface area contributed by atoms with Gasteiger partial charge in [-0.05, 0) is 79.8 Å². The summed E-state index contributed by atoms with van der Waals surface area (Å²) in [5, 5.41) is 15.7. The van der Waals surface area contributed by atoms with Crippen molar-refractivity contribution in [3.8, 4) is 0 Å². The molecule has 4 N–H and O–H groups in total. The SMILES string of the molecule is CC[C@H](CO)Nc1nc(Nc2ccc(C)c(S(=O)(=O)NCCC3CCCN3C)c2)ncc1Br. The van der Waals surface area contributed by atoms with Crippen LogP contribution in [-0.2, 0) is 10.0 Å². The van der Waals surface area contributed by atoms with E-state index in [1.807, 2.05) is 6.92 Å². The lowest BCUT2D eigenvalue weighted by molar-refractivity contribution is 0.271. The van der Waals surface area contributed by atoms with Gasteiger partial charge >= 0.3 is 0 Å². The molecular weight excluding hydrogens is 508 g/mol. The van der Waals surface area contributed by atoms with Gasteiger partial charge in [0, 0.05) is 24.5 Å². The zero-order valence-electron chi connectivity index (χ0n) is 19.3. The third-order valence-electron chi connectivity index (χ3n) is 5.97. The monoisotopic (exact) mass is 540 g/mol. The Morgan fingerprint density at radius 2 is 2.15 bits per heavy atom. The normalized spacial score (nSPS) is 17.8. The Bertz CT molecular complexity index is 1050. The smallest absolute Gasteiger partial charge is 0.240 e. The van der Waals surface area contributed by atoms with Gasteiger partial charge in [-0.25, -0.2) is 18.1 Å². The van der Waals surface area contributed by atoms with E-state index in [4.69, 9.17) is 0 Å². The Hall–Kier alpha value is -1.79. The quantitative estimate of drug-likeness (QED) is 0.343. The highest BCUT2D eigenvalue weighted by molar-refractivity contribution is 9.10. The number of anilines is 3. The molecule has 0 spiro atoms. The van der Waals surface area contributed by atoms with Crippen LogP contribution in [-0.4, -0.2) is 67.2 Å². The number of sulfonamides is 1. The highest BCUT2D eigenvalue weighted by atomic mass is 79.9. The van der Waals surface area contributed by atoms with Crippen LogP contribution in [0.1, 0.15) is 38.2 Å². The zero-order chi connectivity index (χ0) is 24.0. The van der Waals surface area contributed by atoms with Crippen LogP contribution < -0.4 is 15.4 Å². The molecule has 2 heterocycles. The average Bonchev–Trinajstić information content (AvgIpc) is 3.19. The molecule has 1 aliphatic rings. The summed E-state index contributed by atoms with van der Waals surface area (Å²) >= 11 is 3.41. The Morgan fingerprint density at radius 1 is 1.36 bits per heavy atom. The summed E-state index contributed by atoms with van der Waals surface area (Å²) < 4.78 is 29.4. The second-order valence-corrected chi connectivity index (χ2v) is 11.0. The molecule has 3 rings (SSSR count). The van der Waals surface area contributed by atoms with Crippen LogP contribution in [0.15, 0.2) is 33.8 Å². The molecular formula is C22H33BrN6O3S. The van der Waals surface area contributed by atoms with E-state index in [-0.39, 0.29) is 17.5 Å².